The zero-order valence-electron chi connectivity index (χ0n) is 18.0. The molecule has 0 saturated carbocycles. The van der Waals surface area contributed by atoms with E-state index in [2.05, 4.69) is 17.2 Å². The van der Waals surface area contributed by atoms with E-state index in [1.807, 2.05) is 0 Å². The summed E-state index contributed by atoms with van der Waals surface area (Å²) in [6, 6.07) is 8.12. The van der Waals surface area contributed by atoms with Crippen LogP contribution >= 0.6 is 0 Å². The number of carbonyl (C=O) groups is 3. The highest BCUT2D eigenvalue weighted by molar-refractivity contribution is 6.08. The van der Waals surface area contributed by atoms with Crippen molar-refractivity contribution in [2.45, 2.75) is 25.2 Å². The molecule has 2 heterocycles. The molecule has 176 valence electrons. The second-order valence-corrected chi connectivity index (χ2v) is 8.21. The third-order valence-corrected chi connectivity index (χ3v) is 5.88. The number of carbonyl (C=O) groups excluding carboxylic acids is 3. The molecule has 2 aliphatic heterocycles. The highest BCUT2D eigenvalue weighted by Crippen LogP contribution is 2.34. The van der Waals surface area contributed by atoms with Gasteiger partial charge in [-0.3, -0.25) is 19.7 Å². The molecule has 0 aliphatic carbocycles. The van der Waals surface area contributed by atoms with Crippen molar-refractivity contribution in [1.29, 1.82) is 0 Å². The fourth-order valence-electron chi connectivity index (χ4n) is 3.99. The Bertz CT molecular complexity index is 1230. The van der Waals surface area contributed by atoms with Gasteiger partial charge < -0.3 is 15.4 Å². The molecule has 1 unspecified atom stereocenters. The quantitative estimate of drug-likeness (QED) is 0.527. The number of benzene rings is 2. The molecule has 7 nitrogen and oxygen atoms in total. The monoisotopic (exact) mass is 471 g/mol. The largest absolute Gasteiger partial charge is 0.497 e. The number of halogens is 3. The fraction of sp³-hybridized carbons (Fsp3) is 0.292. The van der Waals surface area contributed by atoms with Crippen LogP contribution < -0.4 is 15.8 Å². The summed E-state index contributed by atoms with van der Waals surface area (Å²) in [5.41, 5.74) is 5.14. The molecular weight excluding hydrogens is 451 g/mol. The number of hydrogen-bond acceptors (Lipinski definition) is 5. The van der Waals surface area contributed by atoms with Gasteiger partial charge in [-0.2, -0.15) is 13.2 Å². The summed E-state index contributed by atoms with van der Waals surface area (Å²) in [5.74, 6) is 4.65. The minimum absolute atomic E-state index is 0.121. The first-order chi connectivity index (χ1) is 16.0. The van der Waals surface area contributed by atoms with Crippen LogP contribution in [-0.4, -0.2) is 42.5 Å². The average molecular weight is 471 g/mol. The highest BCUT2D eigenvalue weighted by Gasteiger charge is 2.48. The maximum Gasteiger partial charge on any atom is 0.407 e. The number of hydrogen-bond donors (Lipinski definition) is 2. The minimum atomic E-state index is -4.58. The molecule has 4 rings (SSSR count). The molecule has 0 bridgehead atoms. The second kappa shape index (κ2) is 8.50. The molecule has 1 saturated heterocycles. The van der Waals surface area contributed by atoms with Crippen molar-refractivity contribution in [3.8, 4) is 17.6 Å². The predicted octanol–water partition coefficient (Wildman–Crippen LogP) is 2.30. The van der Waals surface area contributed by atoms with Crippen LogP contribution in [0.1, 0.15) is 39.5 Å². The number of ether oxygens (including phenoxy) is 1. The normalized spacial score (nSPS) is 20.5. The van der Waals surface area contributed by atoms with Crippen molar-refractivity contribution in [3.63, 3.8) is 0 Å². The zero-order chi connectivity index (χ0) is 24.7. The highest BCUT2D eigenvalue weighted by atomic mass is 19.4. The summed E-state index contributed by atoms with van der Waals surface area (Å²) in [7, 11) is 1.49. The van der Waals surface area contributed by atoms with Crippen LogP contribution in [0.5, 0.6) is 5.75 Å². The van der Waals surface area contributed by atoms with Crippen molar-refractivity contribution in [1.82, 2.24) is 10.2 Å². The molecule has 0 spiro atoms. The summed E-state index contributed by atoms with van der Waals surface area (Å²) >= 11 is 0. The van der Waals surface area contributed by atoms with Gasteiger partial charge in [-0.05, 0) is 35.4 Å². The Morgan fingerprint density at radius 3 is 2.47 bits per heavy atom. The number of methoxy groups -OCH3 is 1. The van der Waals surface area contributed by atoms with Crippen LogP contribution in [-0.2, 0) is 16.1 Å². The van der Waals surface area contributed by atoms with Gasteiger partial charge in [0, 0.05) is 24.2 Å². The number of nitrogens with two attached hydrogens (primary N) is 1. The molecule has 3 amide bonds. The topological polar surface area (TPSA) is 102 Å². The summed E-state index contributed by atoms with van der Waals surface area (Å²) < 4.78 is 43.6. The molecule has 2 aromatic carbocycles. The van der Waals surface area contributed by atoms with Crippen LogP contribution in [0.25, 0.3) is 0 Å². The third kappa shape index (κ3) is 4.34. The lowest BCUT2D eigenvalue weighted by atomic mass is 9.85. The van der Waals surface area contributed by atoms with E-state index in [0.29, 0.717) is 16.9 Å². The van der Waals surface area contributed by atoms with E-state index in [0.717, 1.165) is 5.56 Å². The van der Waals surface area contributed by atoms with Gasteiger partial charge >= 0.3 is 6.18 Å². The number of imide groups is 1. The molecule has 1 fully saturated rings. The van der Waals surface area contributed by atoms with E-state index in [4.69, 9.17) is 10.5 Å². The molecule has 2 aliphatic rings. The van der Waals surface area contributed by atoms with E-state index < -0.39 is 29.4 Å². The number of nitrogens with zero attached hydrogens (tertiary/aromatic N) is 1. The van der Waals surface area contributed by atoms with E-state index in [1.54, 1.807) is 18.2 Å². The third-order valence-electron chi connectivity index (χ3n) is 5.88. The van der Waals surface area contributed by atoms with Crippen molar-refractivity contribution in [3.05, 3.63) is 64.7 Å². The van der Waals surface area contributed by atoms with Gasteiger partial charge in [-0.15, -0.1) is 0 Å². The Labute approximate surface area is 193 Å². The van der Waals surface area contributed by atoms with Crippen LogP contribution in [0.4, 0.5) is 13.2 Å². The summed E-state index contributed by atoms with van der Waals surface area (Å²) in [5, 5.41) is 2.23. The Morgan fingerprint density at radius 2 is 1.88 bits per heavy atom. The lowest BCUT2D eigenvalue weighted by Gasteiger charge is -2.25. The van der Waals surface area contributed by atoms with E-state index in [9.17, 15) is 27.6 Å². The van der Waals surface area contributed by atoms with Crippen molar-refractivity contribution >= 4 is 17.7 Å². The summed E-state index contributed by atoms with van der Waals surface area (Å²) in [6.07, 6.45) is -4.82. The number of nitrogens with one attached hydrogen (secondary N) is 1. The first kappa shape index (κ1) is 23.3. The maximum atomic E-state index is 12.9. The molecule has 0 radical (unpaired) electrons. The number of amides is 3. The number of alkyl halides is 3. The smallest absolute Gasteiger partial charge is 0.407 e. The van der Waals surface area contributed by atoms with E-state index >= 15 is 0 Å². The molecule has 10 heteroatoms. The molecule has 2 atom stereocenters. The number of fused-ring (bicyclic) bond motifs is 1. The molecule has 2 aromatic rings. The Morgan fingerprint density at radius 1 is 1.18 bits per heavy atom. The van der Waals surface area contributed by atoms with Gasteiger partial charge in [0.15, 0.2) is 0 Å². The summed E-state index contributed by atoms with van der Waals surface area (Å²) in [6.45, 7) is 0.123. The van der Waals surface area contributed by atoms with Crippen LogP contribution in [0, 0.1) is 17.3 Å². The molecule has 0 aromatic heterocycles. The van der Waals surface area contributed by atoms with Gasteiger partial charge in [-0.1, -0.05) is 30.0 Å². The van der Waals surface area contributed by atoms with Gasteiger partial charge in [0.1, 0.15) is 17.2 Å². The van der Waals surface area contributed by atoms with Crippen LogP contribution in [0.2, 0.25) is 0 Å². The van der Waals surface area contributed by atoms with Crippen LogP contribution in [0.3, 0.4) is 0 Å². The van der Waals surface area contributed by atoms with Gasteiger partial charge in [0.25, 0.3) is 5.91 Å². The first-order valence-electron chi connectivity index (χ1n) is 10.3. The molecule has 3 N–H and O–H groups in total. The van der Waals surface area contributed by atoms with E-state index in [1.165, 1.54) is 36.3 Å². The van der Waals surface area contributed by atoms with Crippen molar-refractivity contribution in [2.75, 3.05) is 13.7 Å². The van der Waals surface area contributed by atoms with E-state index in [-0.39, 0.29) is 31.0 Å². The second-order valence-electron chi connectivity index (χ2n) is 8.21. The fourth-order valence-corrected chi connectivity index (χ4v) is 3.99. The molecule has 34 heavy (non-hydrogen) atoms. The first-order valence-corrected chi connectivity index (χ1v) is 10.3. The van der Waals surface area contributed by atoms with Crippen molar-refractivity contribution < 1.29 is 32.3 Å². The van der Waals surface area contributed by atoms with Crippen LogP contribution in [0.15, 0.2) is 42.5 Å². The number of rotatable bonds is 4. The standard InChI is InChI=1S/C24H20F3N3O4/c1-34-17-7-6-16-12-30(21(32)18(16)10-17)13-23(11-19(31)29-22(23)33)9-8-14-2-4-15(5-3-14)20(28)24(25,26)27/h2-7,10,20H,11-13,28H2,1H3,(H,29,31,33)/t20?,23-/m1/s1. The summed E-state index contributed by atoms with van der Waals surface area (Å²) in [4.78, 5) is 39.1. The van der Waals surface area contributed by atoms with Gasteiger partial charge in [0.2, 0.25) is 11.8 Å². The lowest BCUT2D eigenvalue weighted by molar-refractivity contribution is -0.149. The van der Waals surface area contributed by atoms with Gasteiger partial charge in [0.05, 0.1) is 13.5 Å². The van der Waals surface area contributed by atoms with Crippen molar-refractivity contribution in [2.24, 2.45) is 11.1 Å². The van der Waals surface area contributed by atoms with Gasteiger partial charge in [-0.25, -0.2) is 0 Å². The molecular formula is C24H20F3N3O4. The minimum Gasteiger partial charge on any atom is -0.497 e. The predicted molar refractivity (Wildman–Crippen MR) is 114 cm³/mol. The average Bonchev–Trinajstić information content (AvgIpc) is 3.26. The lowest BCUT2D eigenvalue weighted by Crippen LogP contribution is -2.42. The maximum absolute atomic E-state index is 12.9. The zero-order valence-corrected chi connectivity index (χ0v) is 18.0. The Balaban J connectivity index is 1.59. The Hall–Kier alpha value is -3.84. The Kier molecular flexibility index (Phi) is 5.83. The SMILES string of the molecule is COc1ccc2c(c1)C(=O)N(C[C@@]1(C#Cc3ccc(C(N)C(F)(F)F)cc3)CC(=O)NC1=O)C2.